The molecule has 1 saturated heterocycles. The minimum atomic E-state index is -0.875. The number of amides is 2. The quantitative estimate of drug-likeness (QED) is 0.815. The van der Waals surface area contributed by atoms with Crippen molar-refractivity contribution in [2.24, 2.45) is 18.4 Å². The zero-order valence-electron chi connectivity index (χ0n) is 15.8. The van der Waals surface area contributed by atoms with Gasteiger partial charge in [-0.05, 0) is 31.2 Å². The molecular weight excluding hydrogens is 358 g/mol. The van der Waals surface area contributed by atoms with E-state index in [1.807, 2.05) is 0 Å². The molecule has 0 radical (unpaired) electrons. The van der Waals surface area contributed by atoms with Gasteiger partial charge in [0.2, 0.25) is 5.91 Å². The van der Waals surface area contributed by atoms with Crippen molar-refractivity contribution in [3.05, 3.63) is 30.1 Å². The molecule has 0 unspecified atom stereocenters. The predicted molar refractivity (Wildman–Crippen MR) is 102 cm³/mol. The molecular formula is C19H21N7O2. The van der Waals surface area contributed by atoms with Gasteiger partial charge in [-0.1, -0.05) is 0 Å². The fraction of sp³-hybridized carbons (Fsp3) is 0.421. The number of nitriles is 1. The highest BCUT2D eigenvalue weighted by molar-refractivity contribution is 6.02. The summed E-state index contributed by atoms with van der Waals surface area (Å²) in [6.07, 6.45) is 4.07. The van der Waals surface area contributed by atoms with Gasteiger partial charge in [0.25, 0.3) is 5.91 Å². The van der Waals surface area contributed by atoms with E-state index in [0.29, 0.717) is 36.0 Å². The van der Waals surface area contributed by atoms with Crippen molar-refractivity contribution in [1.82, 2.24) is 20.1 Å². The molecule has 1 saturated carbocycles. The Bertz CT molecular complexity index is 988. The number of nitrogens with one attached hydrogen (secondary N) is 2. The second kappa shape index (κ2) is 6.64. The van der Waals surface area contributed by atoms with E-state index in [0.717, 1.165) is 12.8 Å². The number of nitrogens with zero attached hydrogens (tertiary/aromatic N) is 5. The molecule has 2 amide bonds. The molecule has 0 bridgehead atoms. The van der Waals surface area contributed by atoms with Gasteiger partial charge in [0, 0.05) is 44.7 Å². The summed E-state index contributed by atoms with van der Waals surface area (Å²) in [5.74, 6) is 0.816. The van der Waals surface area contributed by atoms with Gasteiger partial charge < -0.3 is 15.5 Å². The van der Waals surface area contributed by atoms with E-state index in [9.17, 15) is 14.9 Å². The molecule has 2 aromatic rings. The largest absolute Gasteiger partial charge is 0.354 e. The summed E-state index contributed by atoms with van der Waals surface area (Å²) in [5, 5.41) is 19.5. The highest BCUT2D eigenvalue weighted by atomic mass is 16.2. The second-order valence-electron chi connectivity index (χ2n) is 7.21. The minimum Gasteiger partial charge on any atom is -0.354 e. The first kappa shape index (κ1) is 18.0. The van der Waals surface area contributed by atoms with Crippen LogP contribution in [0.4, 0.5) is 17.3 Å². The molecule has 2 N–H and O–H groups in total. The summed E-state index contributed by atoms with van der Waals surface area (Å²) in [6.45, 7) is 0.525. The van der Waals surface area contributed by atoms with Crippen LogP contribution in [0.5, 0.6) is 0 Å². The van der Waals surface area contributed by atoms with Gasteiger partial charge in [-0.2, -0.15) is 10.4 Å². The maximum atomic E-state index is 13.0. The number of carbonyl (C=O) groups excluding carboxylic acids is 2. The van der Waals surface area contributed by atoms with E-state index >= 15 is 0 Å². The molecule has 0 spiro atoms. The van der Waals surface area contributed by atoms with Crippen LogP contribution in [0.25, 0.3) is 0 Å². The highest BCUT2D eigenvalue weighted by Crippen LogP contribution is 2.51. The second-order valence-corrected chi connectivity index (χ2v) is 7.21. The third kappa shape index (κ3) is 2.87. The molecule has 4 rings (SSSR count). The Labute approximate surface area is 162 Å². The normalized spacial score (nSPS) is 21.5. The highest BCUT2D eigenvalue weighted by Gasteiger charge is 2.56. The van der Waals surface area contributed by atoms with Crippen molar-refractivity contribution in [2.75, 3.05) is 23.8 Å². The van der Waals surface area contributed by atoms with Crippen LogP contribution in [-0.4, -0.2) is 40.2 Å². The van der Waals surface area contributed by atoms with Gasteiger partial charge in [0.15, 0.2) is 5.82 Å². The average molecular weight is 379 g/mol. The van der Waals surface area contributed by atoms with Crippen LogP contribution < -0.4 is 15.5 Å². The van der Waals surface area contributed by atoms with Crippen LogP contribution >= 0.6 is 0 Å². The first-order valence-electron chi connectivity index (χ1n) is 9.21. The number of hydrogen-bond acceptors (Lipinski definition) is 6. The number of anilines is 3. The molecule has 9 heteroatoms. The number of pyridine rings is 1. The molecule has 2 aromatic heterocycles. The summed E-state index contributed by atoms with van der Waals surface area (Å²) >= 11 is 0. The Balaban J connectivity index is 1.55. The fourth-order valence-electron chi connectivity index (χ4n) is 3.79. The van der Waals surface area contributed by atoms with Crippen molar-refractivity contribution >= 4 is 29.1 Å². The number of rotatable bonds is 5. The first-order valence-corrected chi connectivity index (χ1v) is 9.21. The van der Waals surface area contributed by atoms with Gasteiger partial charge >= 0.3 is 0 Å². The van der Waals surface area contributed by atoms with E-state index < -0.39 is 5.41 Å². The summed E-state index contributed by atoms with van der Waals surface area (Å²) in [5.41, 5.74) is 0.238. The van der Waals surface area contributed by atoms with Gasteiger partial charge in [0.1, 0.15) is 16.9 Å². The summed E-state index contributed by atoms with van der Waals surface area (Å²) < 4.78 is 1.48. The van der Waals surface area contributed by atoms with E-state index in [4.69, 9.17) is 0 Å². The predicted octanol–water partition coefficient (Wildman–Crippen LogP) is 1.57. The number of hydrogen-bond donors (Lipinski definition) is 2. The maximum Gasteiger partial charge on any atom is 0.269 e. The zero-order chi connectivity index (χ0) is 19.9. The Morgan fingerprint density at radius 1 is 1.36 bits per heavy atom. The van der Waals surface area contributed by atoms with Crippen molar-refractivity contribution < 1.29 is 9.59 Å². The van der Waals surface area contributed by atoms with E-state index in [2.05, 4.69) is 26.8 Å². The molecule has 9 nitrogen and oxygen atoms in total. The molecule has 2 fully saturated rings. The average Bonchev–Trinajstić information content (AvgIpc) is 3.41. The zero-order valence-corrected chi connectivity index (χ0v) is 15.8. The van der Waals surface area contributed by atoms with Crippen molar-refractivity contribution in [3.63, 3.8) is 0 Å². The van der Waals surface area contributed by atoms with Crippen molar-refractivity contribution in [3.8, 4) is 6.07 Å². The smallest absolute Gasteiger partial charge is 0.269 e. The Morgan fingerprint density at radius 2 is 2.14 bits per heavy atom. The van der Waals surface area contributed by atoms with Crippen LogP contribution in [0.1, 0.15) is 29.8 Å². The van der Waals surface area contributed by atoms with Gasteiger partial charge in [-0.3, -0.25) is 14.3 Å². The van der Waals surface area contributed by atoms with E-state index in [-0.39, 0.29) is 17.7 Å². The maximum absolute atomic E-state index is 13.0. The topological polar surface area (TPSA) is 116 Å². The van der Waals surface area contributed by atoms with E-state index in [1.165, 1.54) is 4.68 Å². The first-order chi connectivity index (χ1) is 13.5. The lowest BCUT2D eigenvalue weighted by Gasteiger charge is -2.21. The molecule has 1 aliphatic carbocycles. The Hall–Kier alpha value is -3.41. The van der Waals surface area contributed by atoms with Gasteiger partial charge in [-0.25, -0.2) is 4.98 Å². The van der Waals surface area contributed by atoms with Gasteiger partial charge in [0.05, 0.1) is 6.07 Å². The lowest BCUT2D eigenvalue weighted by atomic mass is 9.83. The lowest BCUT2D eigenvalue weighted by Crippen LogP contribution is -2.35. The Kier molecular flexibility index (Phi) is 4.26. The van der Waals surface area contributed by atoms with Crippen LogP contribution in [0.3, 0.4) is 0 Å². The molecule has 144 valence electrons. The number of aromatic nitrogens is 3. The molecule has 3 heterocycles. The summed E-state index contributed by atoms with van der Waals surface area (Å²) in [7, 11) is 3.24. The third-order valence-corrected chi connectivity index (χ3v) is 5.48. The lowest BCUT2D eigenvalue weighted by molar-refractivity contribution is -0.123. The Morgan fingerprint density at radius 3 is 2.82 bits per heavy atom. The van der Waals surface area contributed by atoms with Crippen LogP contribution in [-0.2, 0) is 11.8 Å². The third-order valence-electron chi connectivity index (χ3n) is 5.48. The van der Waals surface area contributed by atoms with Crippen LogP contribution in [0, 0.1) is 22.7 Å². The van der Waals surface area contributed by atoms with Crippen LogP contribution in [0.2, 0.25) is 0 Å². The van der Waals surface area contributed by atoms with Gasteiger partial charge in [-0.15, -0.1) is 0 Å². The fourth-order valence-corrected chi connectivity index (χ4v) is 3.79. The SMILES string of the molecule is CNC(=O)c1cc(Nc2cc(N3CC[C@@](C#N)(C4CC4)C3=O)ccn2)nn1C. The van der Waals surface area contributed by atoms with Crippen LogP contribution in [0.15, 0.2) is 24.4 Å². The summed E-state index contributed by atoms with van der Waals surface area (Å²) in [4.78, 5) is 30.7. The number of carbonyl (C=O) groups is 2. The van der Waals surface area contributed by atoms with Crippen molar-refractivity contribution in [1.29, 1.82) is 5.26 Å². The molecule has 2 aliphatic rings. The molecule has 0 aromatic carbocycles. The number of aryl methyl sites for hydroxylation is 1. The monoisotopic (exact) mass is 379 g/mol. The summed E-state index contributed by atoms with van der Waals surface area (Å²) in [6, 6.07) is 7.44. The standard InChI is InChI=1S/C19H21N7O2/c1-21-17(27)14-10-16(24-25(14)2)23-15-9-13(5-7-22-15)26-8-6-19(11-20,18(26)28)12-3-4-12/h5,7,9-10,12H,3-4,6,8H2,1-2H3,(H,21,27)(H,22,23,24)/t19-/m1/s1. The van der Waals surface area contributed by atoms with E-state index in [1.54, 1.807) is 43.4 Å². The van der Waals surface area contributed by atoms with Crippen molar-refractivity contribution in [2.45, 2.75) is 19.3 Å². The molecule has 28 heavy (non-hydrogen) atoms. The minimum absolute atomic E-state index is 0.116. The molecule has 1 aliphatic heterocycles. The molecule has 1 atom stereocenters.